The molecule has 1 saturated heterocycles. The minimum absolute atomic E-state index is 0.0509. The quantitative estimate of drug-likeness (QED) is 0.503. The summed E-state index contributed by atoms with van der Waals surface area (Å²) in [5, 5.41) is 10.5. The van der Waals surface area contributed by atoms with Crippen molar-refractivity contribution in [1.29, 1.82) is 0 Å². The van der Waals surface area contributed by atoms with Crippen LogP contribution in [0.5, 0.6) is 0 Å². The number of ether oxygens (including phenoxy) is 1. The van der Waals surface area contributed by atoms with E-state index in [-0.39, 0.29) is 12.0 Å². The zero-order chi connectivity index (χ0) is 20.4. The Labute approximate surface area is 163 Å². The van der Waals surface area contributed by atoms with Crippen LogP contribution in [-0.4, -0.2) is 56.9 Å². The minimum Gasteiger partial charge on any atom is -0.477 e. The monoisotopic (exact) mass is 404 g/mol. The summed E-state index contributed by atoms with van der Waals surface area (Å²) in [6, 6.07) is 7.90. The smallest absolute Gasteiger partial charge is 0.353 e. The van der Waals surface area contributed by atoms with Gasteiger partial charge >= 0.3 is 11.9 Å². The van der Waals surface area contributed by atoms with Crippen molar-refractivity contribution < 1.29 is 33.8 Å². The summed E-state index contributed by atoms with van der Waals surface area (Å²) < 4.78 is 4.73. The standard InChI is InChI=1S/C18H16N2O7S/c1-9(21)27-8-11-14(17(24)25)20-15(23)13(16(20)28-18(11)26)19-12(22)7-10-5-3-2-4-6-10/h2-6,13,16H,7-8H2,1H3,(H,19,22)(H,24,25)/t13-,16-/m1/s1. The van der Waals surface area contributed by atoms with Crippen LogP contribution in [0.1, 0.15) is 12.5 Å². The van der Waals surface area contributed by atoms with Gasteiger partial charge in [-0.05, 0) is 5.56 Å². The summed E-state index contributed by atoms with van der Waals surface area (Å²) in [5.41, 5.74) is -0.0364. The normalized spacial score (nSPS) is 21.0. The van der Waals surface area contributed by atoms with E-state index in [0.29, 0.717) is 11.8 Å². The molecule has 2 amide bonds. The lowest BCUT2D eigenvalue weighted by Crippen LogP contribution is -2.71. The van der Waals surface area contributed by atoms with Gasteiger partial charge in [-0.25, -0.2) is 4.79 Å². The largest absolute Gasteiger partial charge is 0.477 e. The SMILES string of the molecule is CC(=O)OCC1=C(C(=O)O)N2C(=O)[C@@H](NC(=O)Cc3ccccc3)[C@H]2SC1=O. The molecular weight excluding hydrogens is 388 g/mol. The number of carboxylic acids is 1. The van der Waals surface area contributed by atoms with E-state index in [1.807, 2.05) is 6.07 Å². The highest BCUT2D eigenvalue weighted by Crippen LogP contribution is 2.41. The molecule has 0 aromatic heterocycles. The summed E-state index contributed by atoms with van der Waals surface area (Å²) in [7, 11) is 0. The van der Waals surface area contributed by atoms with Crippen LogP contribution >= 0.6 is 11.8 Å². The number of fused-ring (bicyclic) bond motifs is 1. The molecule has 0 spiro atoms. The zero-order valence-electron chi connectivity index (χ0n) is 14.7. The molecule has 10 heteroatoms. The number of benzene rings is 1. The molecule has 0 unspecified atom stereocenters. The first kappa shape index (κ1) is 19.6. The molecule has 2 aliphatic rings. The Morgan fingerprint density at radius 1 is 1.21 bits per heavy atom. The zero-order valence-corrected chi connectivity index (χ0v) is 15.5. The molecule has 2 heterocycles. The first-order valence-corrected chi connectivity index (χ1v) is 9.14. The van der Waals surface area contributed by atoms with Crippen molar-refractivity contribution in [3.63, 3.8) is 0 Å². The van der Waals surface area contributed by atoms with Gasteiger partial charge in [-0.1, -0.05) is 42.1 Å². The van der Waals surface area contributed by atoms with Crippen molar-refractivity contribution in [3.05, 3.63) is 47.2 Å². The lowest BCUT2D eigenvalue weighted by Gasteiger charge is -2.48. The van der Waals surface area contributed by atoms with Crippen LogP contribution in [0, 0.1) is 0 Å². The number of β-lactam (4-membered cyclic amide) rings is 1. The number of nitrogens with one attached hydrogen (secondary N) is 1. The molecule has 1 fully saturated rings. The van der Waals surface area contributed by atoms with Crippen LogP contribution in [0.15, 0.2) is 41.6 Å². The third-order valence-electron chi connectivity index (χ3n) is 4.19. The maximum Gasteiger partial charge on any atom is 0.353 e. The van der Waals surface area contributed by atoms with Crippen LogP contribution in [-0.2, 0) is 35.1 Å². The van der Waals surface area contributed by atoms with Crippen molar-refractivity contribution in [1.82, 2.24) is 10.2 Å². The minimum atomic E-state index is -1.48. The molecule has 0 aliphatic carbocycles. The van der Waals surface area contributed by atoms with Crippen molar-refractivity contribution >= 4 is 40.6 Å². The van der Waals surface area contributed by atoms with Gasteiger partial charge in [0, 0.05) is 6.92 Å². The van der Waals surface area contributed by atoms with Crippen molar-refractivity contribution in [2.24, 2.45) is 0 Å². The molecule has 2 N–H and O–H groups in total. The number of carbonyl (C=O) groups is 5. The Morgan fingerprint density at radius 3 is 2.50 bits per heavy atom. The molecule has 9 nitrogen and oxygen atoms in total. The lowest BCUT2D eigenvalue weighted by molar-refractivity contribution is -0.151. The Morgan fingerprint density at radius 2 is 1.89 bits per heavy atom. The molecule has 1 aromatic rings. The highest BCUT2D eigenvalue weighted by molar-refractivity contribution is 8.14. The first-order valence-electron chi connectivity index (χ1n) is 8.26. The van der Waals surface area contributed by atoms with Gasteiger partial charge in [-0.2, -0.15) is 0 Å². The summed E-state index contributed by atoms with van der Waals surface area (Å²) in [4.78, 5) is 60.6. The van der Waals surface area contributed by atoms with E-state index >= 15 is 0 Å². The number of amides is 2. The van der Waals surface area contributed by atoms with E-state index in [1.54, 1.807) is 24.3 Å². The van der Waals surface area contributed by atoms with Gasteiger partial charge in [0.2, 0.25) is 11.0 Å². The van der Waals surface area contributed by atoms with Crippen LogP contribution in [0.25, 0.3) is 0 Å². The second-order valence-electron chi connectivity index (χ2n) is 6.12. The molecule has 0 bridgehead atoms. The Bertz CT molecular complexity index is 896. The summed E-state index contributed by atoms with van der Waals surface area (Å²) in [5.74, 6) is -3.21. The molecule has 0 radical (unpaired) electrons. The molecule has 3 rings (SSSR count). The number of rotatable bonds is 6. The van der Waals surface area contributed by atoms with Crippen molar-refractivity contribution in [2.75, 3.05) is 6.61 Å². The van der Waals surface area contributed by atoms with Crippen molar-refractivity contribution in [2.45, 2.75) is 24.8 Å². The molecule has 2 aliphatic heterocycles. The fraction of sp³-hybridized carbons (Fsp3) is 0.278. The molecule has 0 saturated carbocycles. The van der Waals surface area contributed by atoms with Gasteiger partial charge in [-0.15, -0.1) is 0 Å². The van der Waals surface area contributed by atoms with Gasteiger partial charge in [0.15, 0.2) is 0 Å². The van der Waals surface area contributed by atoms with Crippen molar-refractivity contribution in [3.8, 4) is 0 Å². The van der Waals surface area contributed by atoms with Gasteiger partial charge in [-0.3, -0.25) is 24.1 Å². The maximum atomic E-state index is 12.5. The van der Waals surface area contributed by atoms with Crippen LogP contribution in [0.2, 0.25) is 0 Å². The van der Waals surface area contributed by atoms with E-state index in [4.69, 9.17) is 4.74 Å². The maximum absolute atomic E-state index is 12.5. The number of thioether (sulfide) groups is 1. The lowest BCUT2D eigenvalue weighted by atomic mass is 10.0. The average molecular weight is 404 g/mol. The Hall–Kier alpha value is -3.14. The van der Waals surface area contributed by atoms with Crippen LogP contribution in [0.4, 0.5) is 0 Å². The predicted molar refractivity (Wildman–Crippen MR) is 96.6 cm³/mol. The van der Waals surface area contributed by atoms with Gasteiger partial charge in [0.05, 0.1) is 12.0 Å². The number of esters is 1. The van der Waals surface area contributed by atoms with Crippen LogP contribution < -0.4 is 5.32 Å². The van der Waals surface area contributed by atoms with E-state index in [2.05, 4.69) is 5.32 Å². The molecular formula is C18H16N2O7S. The number of aliphatic carboxylic acids is 1. The van der Waals surface area contributed by atoms with E-state index in [1.165, 1.54) is 0 Å². The first-order chi connectivity index (χ1) is 13.3. The summed E-state index contributed by atoms with van der Waals surface area (Å²) in [6.07, 6.45) is 0.0509. The fourth-order valence-corrected chi connectivity index (χ4v) is 4.07. The highest BCUT2D eigenvalue weighted by atomic mass is 32.2. The molecule has 146 valence electrons. The Kier molecular flexibility index (Phi) is 5.50. The summed E-state index contributed by atoms with van der Waals surface area (Å²) in [6.45, 7) is 0.585. The second kappa shape index (κ2) is 7.85. The second-order valence-corrected chi connectivity index (χ2v) is 7.21. The molecule has 2 atom stereocenters. The number of hydrogen-bond donors (Lipinski definition) is 2. The van der Waals surface area contributed by atoms with E-state index in [9.17, 15) is 29.1 Å². The number of carboxylic acid groups (broad SMARTS) is 1. The van der Waals surface area contributed by atoms with E-state index in [0.717, 1.165) is 17.4 Å². The number of carbonyl (C=O) groups excluding carboxylic acids is 4. The predicted octanol–water partition coefficient (Wildman–Crippen LogP) is 0.0574. The number of nitrogens with zero attached hydrogens (tertiary/aromatic N) is 1. The Balaban J connectivity index is 1.75. The van der Waals surface area contributed by atoms with Crippen LogP contribution in [0.3, 0.4) is 0 Å². The number of hydrogen-bond acceptors (Lipinski definition) is 7. The molecule has 1 aromatic carbocycles. The highest BCUT2D eigenvalue weighted by Gasteiger charge is 2.56. The average Bonchev–Trinajstić information content (AvgIpc) is 2.64. The van der Waals surface area contributed by atoms with E-state index < -0.39 is 52.6 Å². The van der Waals surface area contributed by atoms with Gasteiger partial charge < -0.3 is 15.2 Å². The topological polar surface area (TPSA) is 130 Å². The van der Waals surface area contributed by atoms with Gasteiger partial charge in [0.25, 0.3) is 5.91 Å². The summed E-state index contributed by atoms with van der Waals surface area (Å²) >= 11 is 0.716. The third-order valence-corrected chi connectivity index (χ3v) is 5.38. The molecule has 28 heavy (non-hydrogen) atoms. The third kappa shape index (κ3) is 3.77. The van der Waals surface area contributed by atoms with Gasteiger partial charge in [0.1, 0.15) is 23.7 Å². The fourth-order valence-electron chi connectivity index (χ4n) is 2.92.